The Balaban J connectivity index is 1.13. The van der Waals surface area contributed by atoms with E-state index in [4.69, 9.17) is 9.15 Å². The molecule has 8 aromatic rings. The fourth-order valence-corrected chi connectivity index (χ4v) is 6.83. The van der Waals surface area contributed by atoms with E-state index in [1.165, 1.54) is 33.2 Å². The predicted molar refractivity (Wildman–Crippen MR) is 189 cm³/mol. The Labute approximate surface area is 267 Å². The van der Waals surface area contributed by atoms with Crippen LogP contribution in [-0.4, -0.2) is 0 Å². The number of furan rings is 1. The quantitative estimate of drug-likeness (QED) is 0.200. The van der Waals surface area contributed by atoms with Gasteiger partial charge in [-0.15, -0.1) is 0 Å². The first-order valence-corrected chi connectivity index (χ1v) is 15.6. The molecule has 1 aliphatic heterocycles. The Morgan fingerprint density at radius 3 is 1.61 bits per heavy atom. The molecule has 2 heterocycles. The van der Waals surface area contributed by atoms with Gasteiger partial charge in [0.05, 0.1) is 0 Å². The fraction of sp³-hybridized carbons (Fsp3) is 0. The third-order valence-electron chi connectivity index (χ3n) is 8.96. The molecule has 0 saturated carbocycles. The van der Waals surface area contributed by atoms with Gasteiger partial charge in [-0.05, 0) is 80.7 Å². The highest BCUT2D eigenvalue weighted by Gasteiger charge is 2.22. The molecule has 0 unspecified atom stereocenters. The van der Waals surface area contributed by atoms with Gasteiger partial charge in [0.1, 0.15) is 23.0 Å². The van der Waals surface area contributed by atoms with Gasteiger partial charge in [-0.3, -0.25) is 0 Å². The zero-order valence-corrected chi connectivity index (χ0v) is 25.0. The number of fused-ring (bicyclic) bond motifs is 2. The standard InChI is InChI=1S/C44H28O2/c1-2-12-29(13-3-1)32-16-4-5-17-33(32)34-18-6-7-19-35(34)36-20-8-9-21-37(36)41-27-26-40(45-41)31-24-25-42-39(28-31)38-22-10-14-30-15-11-23-43(46-42)44(30)38/h1-28H. The van der Waals surface area contributed by atoms with Crippen molar-refractivity contribution in [3.63, 3.8) is 0 Å². The molecule has 1 aliphatic rings. The van der Waals surface area contributed by atoms with E-state index in [2.05, 4.69) is 158 Å². The van der Waals surface area contributed by atoms with E-state index in [0.29, 0.717) is 0 Å². The number of hydrogen-bond acceptors (Lipinski definition) is 2. The molecule has 216 valence electrons. The minimum atomic E-state index is 0.821. The summed E-state index contributed by atoms with van der Waals surface area (Å²) in [5, 5.41) is 2.32. The number of rotatable bonds is 5. The van der Waals surface area contributed by atoms with E-state index in [1.54, 1.807) is 0 Å². The van der Waals surface area contributed by atoms with Gasteiger partial charge in [0.2, 0.25) is 0 Å². The topological polar surface area (TPSA) is 22.4 Å². The zero-order chi connectivity index (χ0) is 30.5. The second-order valence-corrected chi connectivity index (χ2v) is 11.6. The van der Waals surface area contributed by atoms with Crippen molar-refractivity contribution < 1.29 is 9.15 Å². The molecule has 0 saturated heterocycles. The lowest BCUT2D eigenvalue weighted by Crippen LogP contribution is -1.97. The Morgan fingerprint density at radius 1 is 0.304 bits per heavy atom. The highest BCUT2D eigenvalue weighted by Crippen LogP contribution is 2.48. The summed E-state index contributed by atoms with van der Waals surface area (Å²) < 4.78 is 13.0. The van der Waals surface area contributed by atoms with Crippen LogP contribution >= 0.6 is 0 Å². The first-order chi connectivity index (χ1) is 22.8. The van der Waals surface area contributed by atoms with Crippen LogP contribution in [-0.2, 0) is 0 Å². The maximum absolute atomic E-state index is 6.65. The van der Waals surface area contributed by atoms with Crippen molar-refractivity contribution in [2.45, 2.75) is 0 Å². The van der Waals surface area contributed by atoms with Crippen molar-refractivity contribution in [2.24, 2.45) is 0 Å². The van der Waals surface area contributed by atoms with Crippen molar-refractivity contribution in [3.05, 3.63) is 170 Å². The van der Waals surface area contributed by atoms with Crippen LogP contribution in [0.5, 0.6) is 11.5 Å². The second kappa shape index (κ2) is 10.8. The number of ether oxygens (including phenoxy) is 1. The molecule has 9 rings (SSSR count). The van der Waals surface area contributed by atoms with Gasteiger partial charge in [0.25, 0.3) is 0 Å². The van der Waals surface area contributed by atoms with Crippen LogP contribution < -0.4 is 4.74 Å². The molecule has 0 aliphatic carbocycles. The Kier molecular flexibility index (Phi) is 6.17. The van der Waals surface area contributed by atoms with Crippen LogP contribution in [0, 0.1) is 0 Å². The molecule has 2 heteroatoms. The molecule has 0 atom stereocenters. The SMILES string of the molecule is c1ccc(-c2ccccc2-c2ccccc2-c2ccccc2-c2ccc(-c3ccc4c(c3)-c3cccc5cccc(c35)O4)o2)cc1. The maximum atomic E-state index is 6.65. The second-order valence-electron chi connectivity index (χ2n) is 11.6. The van der Waals surface area contributed by atoms with Crippen molar-refractivity contribution >= 4 is 10.8 Å². The lowest BCUT2D eigenvalue weighted by molar-refractivity contribution is 0.487. The zero-order valence-electron chi connectivity index (χ0n) is 25.0. The third-order valence-corrected chi connectivity index (χ3v) is 8.96. The summed E-state index contributed by atoms with van der Waals surface area (Å²) in [6.07, 6.45) is 0. The summed E-state index contributed by atoms with van der Waals surface area (Å²) in [7, 11) is 0. The van der Waals surface area contributed by atoms with Crippen LogP contribution in [0.3, 0.4) is 0 Å². The molecule has 0 spiro atoms. The summed E-state index contributed by atoms with van der Waals surface area (Å²) in [6, 6.07) is 59.5. The van der Waals surface area contributed by atoms with Crippen molar-refractivity contribution in [1.29, 1.82) is 0 Å². The van der Waals surface area contributed by atoms with E-state index in [0.717, 1.165) is 56.2 Å². The van der Waals surface area contributed by atoms with Crippen molar-refractivity contribution in [1.82, 2.24) is 0 Å². The molecule has 2 nitrogen and oxygen atoms in total. The van der Waals surface area contributed by atoms with Crippen LogP contribution in [0.25, 0.3) is 77.9 Å². The normalized spacial score (nSPS) is 11.7. The monoisotopic (exact) mass is 588 g/mol. The van der Waals surface area contributed by atoms with Gasteiger partial charge >= 0.3 is 0 Å². The maximum Gasteiger partial charge on any atom is 0.135 e. The molecule has 1 aromatic heterocycles. The minimum absolute atomic E-state index is 0.821. The van der Waals surface area contributed by atoms with E-state index >= 15 is 0 Å². The molecule has 0 amide bonds. The molecule has 0 N–H and O–H groups in total. The predicted octanol–water partition coefficient (Wildman–Crippen LogP) is 12.5. The van der Waals surface area contributed by atoms with Crippen molar-refractivity contribution in [2.75, 3.05) is 0 Å². The largest absolute Gasteiger partial charge is 0.456 e. The van der Waals surface area contributed by atoms with Crippen LogP contribution in [0.1, 0.15) is 0 Å². The Morgan fingerprint density at radius 2 is 0.870 bits per heavy atom. The van der Waals surface area contributed by atoms with Gasteiger partial charge in [-0.25, -0.2) is 0 Å². The molecule has 7 aromatic carbocycles. The van der Waals surface area contributed by atoms with E-state index in [-0.39, 0.29) is 0 Å². The highest BCUT2D eigenvalue weighted by molar-refractivity contribution is 6.04. The van der Waals surface area contributed by atoms with Crippen LogP contribution in [0.2, 0.25) is 0 Å². The summed E-state index contributed by atoms with van der Waals surface area (Å²) in [5.74, 6) is 3.41. The fourth-order valence-electron chi connectivity index (χ4n) is 6.83. The van der Waals surface area contributed by atoms with Crippen LogP contribution in [0.4, 0.5) is 0 Å². The van der Waals surface area contributed by atoms with Gasteiger partial charge < -0.3 is 9.15 Å². The van der Waals surface area contributed by atoms with E-state index < -0.39 is 0 Å². The van der Waals surface area contributed by atoms with Gasteiger partial charge in [-0.1, -0.05) is 133 Å². The number of benzene rings is 7. The Hall–Kier alpha value is -6.12. The smallest absolute Gasteiger partial charge is 0.135 e. The lowest BCUT2D eigenvalue weighted by atomic mass is 9.88. The summed E-state index contributed by atoms with van der Waals surface area (Å²) in [5.41, 5.74) is 11.4. The summed E-state index contributed by atoms with van der Waals surface area (Å²) >= 11 is 0. The molecule has 46 heavy (non-hydrogen) atoms. The summed E-state index contributed by atoms with van der Waals surface area (Å²) in [4.78, 5) is 0. The molecular formula is C44H28O2. The summed E-state index contributed by atoms with van der Waals surface area (Å²) in [6.45, 7) is 0. The van der Waals surface area contributed by atoms with E-state index in [9.17, 15) is 0 Å². The molecule has 0 bridgehead atoms. The third kappa shape index (κ3) is 4.35. The average molecular weight is 589 g/mol. The first kappa shape index (κ1) is 26.3. The van der Waals surface area contributed by atoms with Gasteiger partial charge in [0.15, 0.2) is 0 Å². The minimum Gasteiger partial charge on any atom is -0.456 e. The van der Waals surface area contributed by atoms with Gasteiger partial charge in [0, 0.05) is 22.1 Å². The van der Waals surface area contributed by atoms with E-state index in [1.807, 2.05) is 12.1 Å². The van der Waals surface area contributed by atoms with Crippen LogP contribution in [0.15, 0.2) is 174 Å². The average Bonchev–Trinajstić information content (AvgIpc) is 3.63. The van der Waals surface area contributed by atoms with Gasteiger partial charge in [-0.2, -0.15) is 0 Å². The lowest BCUT2D eigenvalue weighted by Gasteiger charge is -2.21. The Bertz CT molecular complexity index is 2390. The molecule has 0 fully saturated rings. The van der Waals surface area contributed by atoms with Crippen molar-refractivity contribution in [3.8, 4) is 78.7 Å². The first-order valence-electron chi connectivity index (χ1n) is 15.6. The molecule has 0 radical (unpaired) electrons. The number of hydrogen-bond donors (Lipinski definition) is 0. The molecular weight excluding hydrogens is 560 g/mol. The highest BCUT2D eigenvalue weighted by atomic mass is 16.5.